The zero-order valence-corrected chi connectivity index (χ0v) is 8.85. The topological polar surface area (TPSA) is 42.8 Å². The summed E-state index contributed by atoms with van der Waals surface area (Å²) in [5, 5.41) is 11.2. The highest BCUT2D eigenvalue weighted by Crippen LogP contribution is 2.53. The van der Waals surface area contributed by atoms with E-state index in [0.717, 1.165) is 37.7 Å². The first-order chi connectivity index (χ1) is 6.70. The predicted molar refractivity (Wildman–Crippen MR) is 53.2 cm³/mol. The number of hydrogen-bond acceptors (Lipinski definition) is 3. The molecule has 2 aliphatic rings. The van der Waals surface area contributed by atoms with E-state index in [1.54, 1.807) is 6.08 Å². The molecule has 0 aromatic rings. The first kappa shape index (κ1) is 10.1. The van der Waals surface area contributed by atoms with Gasteiger partial charge in [0.15, 0.2) is 0 Å². The summed E-state index contributed by atoms with van der Waals surface area (Å²) in [6.45, 7) is 3.71. The maximum Gasteiger partial charge on any atom is 0.540 e. The summed E-state index contributed by atoms with van der Waals surface area (Å²) < 4.78 is 1.36. The van der Waals surface area contributed by atoms with E-state index in [-0.39, 0.29) is 11.2 Å². The van der Waals surface area contributed by atoms with Gasteiger partial charge in [-0.1, -0.05) is 25.3 Å². The predicted octanol–water partition coefficient (Wildman–Crippen LogP) is 1.51. The maximum absolute atomic E-state index is 11.8. The molecular formula is C10H14O3S. The van der Waals surface area contributed by atoms with E-state index in [2.05, 4.69) is 6.58 Å². The van der Waals surface area contributed by atoms with Gasteiger partial charge in [-0.25, -0.2) is 0 Å². The first-order valence-electron chi connectivity index (χ1n) is 4.96. The molecule has 0 aromatic carbocycles. The summed E-state index contributed by atoms with van der Waals surface area (Å²) in [5.41, 5.74) is -0.447. The van der Waals surface area contributed by atoms with Gasteiger partial charge in [0.1, 0.15) is 22.7 Å². The average Bonchev–Trinajstić information content (AvgIpc) is 2.45. The molecule has 1 aliphatic heterocycles. The highest BCUT2D eigenvalue weighted by Gasteiger charge is 2.60. The Bertz CT molecular complexity index is 258. The van der Waals surface area contributed by atoms with E-state index < -0.39 is 5.41 Å². The molecule has 78 valence electrons. The number of carbonyl (C=O) groups is 1. The molecule has 0 amide bonds. The van der Waals surface area contributed by atoms with Crippen molar-refractivity contribution >= 4 is 18.0 Å². The molecule has 4 heteroatoms. The summed E-state index contributed by atoms with van der Waals surface area (Å²) in [4.78, 5) is 11.8. The van der Waals surface area contributed by atoms with Crippen LogP contribution in [0, 0.1) is 5.41 Å². The Labute approximate surface area is 88.0 Å². The van der Waals surface area contributed by atoms with E-state index in [4.69, 9.17) is 0 Å². The third-order valence-electron chi connectivity index (χ3n) is 3.25. The minimum atomic E-state index is -0.447. The largest absolute Gasteiger partial charge is 0.577 e. The molecule has 1 unspecified atom stereocenters. The molecule has 14 heavy (non-hydrogen) atoms. The van der Waals surface area contributed by atoms with Crippen LogP contribution in [0.3, 0.4) is 0 Å². The summed E-state index contributed by atoms with van der Waals surface area (Å²) >= 11 is 1.01. The normalized spacial score (nSPS) is 31.1. The highest BCUT2D eigenvalue weighted by molar-refractivity contribution is 7.96. The van der Waals surface area contributed by atoms with Crippen LogP contribution in [0.5, 0.6) is 0 Å². The Morgan fingerprint density at radius 3 is 2.71 bits per heavy atom. The Balaban J connectivity index is 2.28. The fourth-order valence-corrected chi connectivity index (χ4v) is 3.48. The second-order valence-corrected chi connectivity index (χ2v) is 4.99. The molecular weight excluding hydrogens is 200 g/mol. The van der Waals surface area contributed by atoms with Crippen molar-refractivity contribution in [1.82, 2.24) is 0 Å². The van der Waals surface area contributed by atoms with Crippen molar-refractivity contribution in [3.63, 3.8) is 0 Å². The fourth-order valence-electron chi connectivity index (χ4n) is 2.45. The Kier molecular flexibility index (Phi) is 2.58. The molecule has 1 saturated carbocycles. The van der Waals surface area contributed by atoms with Crippen LogP contribution >= 0.6 is 12.0 Å². The van der Waals surface area contributed by atoms with Crippen molar-refractivity contribution in [1.29, 1.82) is 0 Å². The average molecular weight is 214 g/mol. The standard InChI is InChI=1S/C10H14O3S/c1-2-8-10(6-4-3-5-7-10)9(11)13(12)14-8/h2,8H,1,3-7H2. The monoisotopic (exact) mass is 214 g/mol. The molecule has 1 atom stereocenters. The van der Waals surface area contributed by atoms with E-state index in [9.17, 15) is 10.1 Å². The van der Waals surface area contributed by atoms with Gasteiger partial charge in [-0.3, -0.25) is 0 Å². The number of rotatable bonds is 1. The molecule has 0 bridgehead atoms. The SMILES string of the molecule is C=CC1S[O+]([O-])C(=O)C12CCCCC2. The van der Waals surface area contributed by atoms with E-state index >= 15 is 0 Å². The molecule has 1 heterocycles. The van der Waals surface area contributed by atoms with Gasteiger partial charge in [0.2, 0.25) is 0 Å². The molecule has 0 N–H and O–H groups in total. The fraction of sp³-hybridized carbons (Fsp3) is 0.700. The summed E-state index contributed by atoms with van der Waals surface area (Å²) in [7, 11) is 0. The molecule has 1 spiro atoms. The van der Waals surface area contributed by atoms with Gasteiger partial charge in [-0.05, 0) is 12.8 Å². The van der Waals surface area contributed by atoms with Crippen LogP contribution in [0.25, 0.3) is 0 Å². The van der Waals surface area contributed by atoms with Gasteiger partial charge in [0.25, 0.3) is 0 Å². The number of hydrogen-bond donors (Lipinski definition) is 0. The van der Waals surface area contributed by atoms with Gasteiger partial charge >= 0.3 is 5.97 Å². The third kappa shape index (κ3) is 1.28. The molecule has 2 fully saturated rings. The van der Waals surface area contributed by atoms with Crippen molar-refractivity contribution < 1.29 is 14.0 Å². The second-order valence-electron chi connectivity index (χ2n) is 3.99. The smallest absolute Gasteiger partial charge is 0.540 e. The lowest BCUT2D eigenvalue weighted by Gasteiger charge is -2.28. The molecule has 2 rings (SSSR count). The van der Waals surface area contributed by atoms with Crippen LogP contribution < -0.4 is 5.26 Å². The van der Waals surface area contributed by atoms with E-state index in [1.807, 2.05) is 0 Å². The Hall–Kier alpha value is -0.480. The van der Waals surface area contributed by atoms with Gasteiger partial charge in [-0.15, -0.1) is 6.58 Å². The van der Waals surface area contributed by atoms with Crippen LogP contribution in [-0.4, -0.2) is 11.2 Å². The highest BCUT2D eigenvalue weighted by atomic mass is 32.2. The Morgan fingerprint density at radius 1 is 1.50 bits per heavy atom. The van der Waals surface area contributed by atoms with Gasteiger partial charge in [0.05, 0.1) is 0 Å². The molecule has 0 aromatic heterocycles. The lowest BCUT2D eigenvalue weighted by atomic mass is 9.71. The second kappa shape index (κ2) is 3.59. The van der Waals surface area contributed by atoms with E-state index in [1.165, 1.54) is 10.4 Å². The molecule has 1 aliphatic carbocycles. The van der Waals surface area contributed by atoms with Crippen LogP contribution in [-0.2, 0) is 8.76 Å². The lowest BCUT2D eigenvalue weighted by Crippen LogP contribution is -2.39. The van der Waals surface area contributed by atoms with Crippen LogP contribution in [0.15, 0.2) is 12.7 Å². The summed E-state index contributed by atoms with van der Waals surface area (Å²) in [6, 6.07) is 0. The lowest BCUT2D eigenvalue weighted by molar-refractivity contribution is -0.694. The van der Waals surface area contributed by atoms with Crippen molar-refractivity contribution in [2.75, 3.05) is 0 Å². The Morgan fingerprint density at radius 2 is 2.14 bits per heavy atom. The molecule has 1 saturated heterocycles. The van der Waals surface area contributed by atoms with Crippen LogP contribution in [0.4, 0.5) is 0 Å². The third-order valence-corrected chi connectivity index (χ3v) is 4.43. The first-order valence-corrected chi connectivity index (χ1v) is 5.77. The van der Waals surface area contributed by atoms with Gasteiger partial charge < -0.3 is 9.22 Å². The molecule has 0 radical (unpaired) electrons. The number of carbonyl (C=O) groups excluding carboxylic acids is 1. The molecule has 3 nitrogen and oxygen atoms in total. The van der Waals surface area contributed by atoms with Gasteiger partial charge in [-0.2, -0.15) is 0 Å². The van der Waals surface area contributed by atoms with E-state index in [0.29, 0.717) is 0 Å². The van der Waals surface area contributed by atoms with Crippen molar-refractivity contribution in [2.45, 2.75) is 37.4 Å². The minimum Gasteiger partial charge on any atom is -0.577 e. The van der Waals surface area contributed by atoms with Gasteiger partial charge in [0, 0.05) is 4.79 Å². The van der Waals surface area contributed by atoms with Crippen molar-refractivity contribution in [2.24, 2.45) is 5.41 Å². The maximum atomic E-state index is 11.8. The van der Waals surface area contributed by atoms with Crippen LogP contribution in [0.1, 0.15) is 32.1 Å². The minimum absolute atomic E-state index is 0.0437. The van der Waals surface area contributed by atoms with Crippen LogP contribution in [0.2, 0.25) is 0 Å². The summed E-state index contributed by atoms with van der Waals surface area (Å²) in [5.74, 6) is -0.313. The van der Waals surface area contributed by atoms with Crippen molar-refractivity contribution in [3.05, 3.63) is 12.7 Å². The quantitative estimate of drug-likeness (QED) is 0.287. The zero-order valence-electron chi connectivity index (χ0n) is 8.03. The zero-order chi connectivity index (χ0) is 10.2. The van der Waals surface area contributed by atoms with Crippen molar-refractivity contribution in [3.8, 4) is 0 Å². The summed E-state index contributed by atoms with van der Waals surface area (Å²) in [6.07, 6.45) is 6.67.